The molecule has 2 aromatic rings. The highest BCUT2D eigenvalue weighted by molar-refractivity contribution is 5.71. The quantitative estimate of drug-likeness (QED) is 0.856. The van der Waals surface area contributed by atoms with Crippen molar-refractivity contribution in [1.82, 2.24) is 0 Å². The summed E-state index contributed by atoms with van der Waals surface area (Å²) in [5.41, 5.74) is 15.0. The van der Waals surface area contributed by atoms with Gasteiger partial charge in [-0.15, -0.1) is 0 Å². The molecule has 2 aromatic carbocycles. The summed E-state index contributed by atoms with van der Waals surface area (Å²) in [5, 5.41) is 0. The van der Waals surface area contributed by atoms with Crippen molar-refractivity contribution in [2.45, 2.75) is 18.9 Å². The van der Waals surface area contributed by atoms with Gasteiger partial charge in [0.05, 0.1) is 6.61 Å². The lowest BCUT2D eigenvalue weighted by atomic mass is 9.99. The van der Waals surface area contributed by atoms with Crippen LogP contribution in [0.3, 0.4) is 0 Å². The standard InChI is InChI=1S/C18H22N2O/c19-11-17(20)15-8-9-18(21-12-13-6-7-13)16(10-15)14-4-2-1-3-5-14/h1-5,8-10,13,17H,6-7,11-12,19-20H2. The maximum Gasteiger partial charge on any atom is 0.127 e. The van der Waals surface area contributed by atoms with Crippen LogP contribution in [0.25, 0.3) is 11.1 Å². The van der Waals surface area contributed by atoms with Crippen molar-refractivity contribution in [3.63, 3.8) is 0 Å². The molecule has 0 aliphatic heterocycles. The van der Waals surface area contributed by atoms with E-state index in [0.717, 1.165) is 35.0 Å². The normalized spacial score (nSPS) is 15.7. The minimum Gasteiger partial charge on any atom is -0.493 e. The van der Waals surface area contributed by atoms with Crippen molar-refractivity contribution in [3.05, 3.63) is 54.1 Å². The zero-order valence-corrected chi connectivity index (χ0v) is 12.2. The van der Waals surface area contributed by atoms with Gasteiger partial charge in [0, 0.05) is 18.2 Å². The molecule has 110 valence electrons. The van der Waals surface area contributed by atoms with E-state index in [0.29, 0.717) is 6.54 Å². The van der Waals surface area contributed by atoms with Gasteiger partial charge < -0.3 is 16.2 Å². The van der Waals surface area contributed by atoms with Gasteiger partial charge in [0.25, 0.3) is 0 Å². The zero-order chi connectivity index (χ0) is 14.7. The molecule has 0 amide bonds. The minimum atomic E-state index is -0.134. The number of hydrogen-bond donors (Lipinski definition) is 2. The maximum absolute atomic E-state index is 6.06. The van der Waals surface area contributed by atoms with Crippen molar-refractivity contribution >= 4 is 0 Å². The third-order valence-electron chi connectivity index (χ3n) is 3.94. The van der Waals surface area contributed by atoms with Crippen molar-refractivity contribution in [2.24, 2.45) is 17.4 Å². The summed E-state index contributed by atoms with van der Waals surface area (Å²) in [5.74, 6) is 1.67. The smallest absolute Gasteiger partial charge is 0.127 e. The fourth-order valence-corrected chi connectivity index (χ4v) is 2.38. The SMILES string of the molecule is NCC(N)c1ccc(OCC2CC2)c(-c2ccccc2)c1. The molecular formula is C18H22N2O. The first-order chi connectivity index (χ1) is 10.3. The third kappa shape index (κ3) is 3.43. The van der Waals surface area contributed by atoms with E-state index in [2.05, 4.69) is 18.2 Å². The monoisotopic (exact) mass is 282 g/mol. The molecule has 1 saturated carbocycles. The Morgan fingerprint density at radius 3 is 2.52 bits per heavy atom. The van der Waals surface area contributed by atoms with Crippen LogP contribution in [0.2, 0.25) is 0 Å². The molecule has 1 aliphatic rings. The van der Waals surface area contributed by atoms with Gasteiger partial charge in [-0.25, -0.2) is 0 Å². The van der Waals surface area contributed by atoms with E-state index in [1.165, 1.54) is 12.8 Å². The highest BCUT2D eigenvalue weighted by Crippen LogP contribution is 2.35. The maximum atomic E-state index is 6.06. The number of benzene rings is 2. The van der Waals surface area contributed by atoms with E-state index in [-0.39, 0.29) is 6.04 Å². The van der Waals surface area contributed by atoms with E-state index in [1.807, 2.05) is 30.3 Å². The molecule has 4 N–H and O–H groups in total. The van der Waals surface area contributed by atoms with E-state index >= 15 is 0 Å². The van der Waals surface area contributed by atoms with E-state index in [9.17, 15) is 0 Å². The van der Waals surface area contributed by atoms with Crippen molar-refractivity contribution < 1.29 is 4.74 Å². The molecule has 1 fully saturated rings. The lowest BCUT2D eigenvalue weighted by Crippen LogP contribution is -2.20. The summed E-state index contributed by atoms with van der Waals surface area (Å²) in [7, 11) is 0. The second-order valence-corrected chi connectivity index (χ2v) is 5.72. The predicted octanol–water partition coefficient (Wildman–Crippen LogP) is 3.10. The molecule has 1 unspecified atom stereocenters. The van der Waals surface area contributed by atoms with Gasteiger partial charge in [-0.2, -0.15) is 0 Å². The number of hydrogen-bond acceptors (Lipinski definition) is 3. The summed E-state index contributed by atoms with van der Waals surface area (Å²) >= 11 is 0. The molecule has 0 aromatic heterocycles. The molecule has 0 heterocycles. The van der Waals surface area contributed by atoms with Gasteiger partial charge in [-0.3, -0.25) is 0 Å². The Bertz CT molecular complexity index is 593. The van der Waals surface area contributed by atoms with E-state index in [1.54, 1.807) is 0 Å². The molecule has 0 saturated heterocycles. The first kappa shape index (κ1) is 14.1. The minimum absolute atomic E-state index is 0.134. The Kier molecular flexibility index (Phi) is 4.23. The zero-order valence-electron chi connectivity index (χ0n) is 12.2. The first-order valence-corrected chi connectivity index (χ1v) is 7.55. The van der Waals surface area contributed by atoms with Crippen LogP contribution in [0.15, 0.2) is 48.5 Å². The Balaban J connectivity index is 1.94. The van der Waals surface area contributed by atoms with Crippen LogP contribution >= 0.6 is 0 Å². The number of nitrogens with two attached hydrogens (primary N) is 2. The van der Waals surface area contributed by atoms with Gasteiger partial charge in [0.2, 0.25) is 0 Å². The largest absolute Gasteiger partial charge is 0.493 e. The fraction of sp³-hybridized carbons (Fsp3) is 0.333. The molecule has 3 nitrogen and oxygen atoms in total. The van der Waals surface area contributed by atoms with Gasteiger partial charge in [-0.05, 0) is 42.0 Å². The average molecular weight is 282 g/mol. The van der Waals surface area contributed by atoms with Crippen LogP contribution in [-0.4, -0.2) is 13.2 Å². The summed E-state index contributed by atoms with van der Waals surface area (Å²) in [4.78, 5) is 0. The first-order valence-electron chi connectivity index (χ1n) is 7.55. The van der Waals surface area contributed by atoms with Gasteiger partial charge >= 0.3 is 0 Å². The fourth-order valence-electron chi connectivity index (χ4n) is 2.38. The summed E-state index contributed by atoms with van der Waals surface area (Å²) in [6.45, 7) is 1.25. The van der Waals surface area contributed by atoms with E-state index in [4.69, 9.17) is 16.2 Å². The van der Waals surface area contributed by atoms with Crippen LogP contribution in [0.1, 0.15) is 24.4 Å². The Hall–Kier alpha value is -1.84. The van der Waals surface area contributed by atoms with Gasteiger partial charge in [-0.1, -0.05) is 36.4 Å². The van der Waals surface area contributed by atoms with Crippen LogP contribution in [-0.2, 0) is 0 Å². The highest BCUT2D eigenvalue weighted by atomic mass is 16.5. The molecule has 1 aliphatic carbocycles. The van der Waals surface area contributed by atoms with Crippen LogP contribution in [0.5, 0.6) is 5.75 Å². The van der Waals surface area contributed by atoms with E-state index < -0.39 is 0 Å². The van der Waals surface area contributed by atoms with Crippen molar-refractivity contribution in [2.75, 3.05) is 13.2 Å². The lowest BCUT2D eigenvalue weighted by molar-refractivity contribution is 0.301. The molecule has 0 spiro atoms. The van der Waals surface area contributed by atoms with Crippen molar-refractivity contribution in [1.29, 1.82) is 0 Å². The molecule has 21 heavy (non-hydrogen) atoms. The topological polar surface area (TPSA) is 61.3 Å². The molecule has 1 atom stereocenters. The van der Waals surface area contributed by atoms with Gasteiger partial charge in [0.1, 0.15) is 5.75 Å². The average Bonchev–Trinajstić information content (AvgIpc) is 3.37. The Morgan fingerprint density at radius 2 is 1.86 bits per heavy atom. The molecule has 3 rings (SSSR count). The third-order valence-corrected chi connectivity index (χ3v) is 3.94. The molecular weight excluding hydrogens is 260 g/mol. The second kappa shape index (κ2) is 6.29. The second-order valence-electron chi connectivity index (χ2n) is 5.72. The van der Waals surface area contributed by atoms with Crippen LogP contribution in [0, 0.1) is 5.92 Å². The van der Waals surface area contributed by atoms with Crippen molar-refractivity contribution in [3.8, 4) is 16.9 Å². The molecule has 0 bridgehead atoms. The summed E-state index contributed by atoms with van der Waals surface area (Å²) in [6, 6.07) is 16.3. The lowest BCUT2D eigenvalue weighted by Gasteiger charge is -2.16. The summed E-state index contributed by atoms with van der Waals surface area (Å²) < 4.78 is 6.01. The highest BCUT2D eigenvalue weighted by Gasteiger charge is 2.22. The Morgan fingerprint density at radius 1 is 1.10 bits per heavy atom. The molecule has 3 heteroatoms. The van der Waals surface area contributed by atoms with Crippen LogP contribution in [0.4, 0.5) is 0 Å². The Labute approximate surface area is 125 Å². The predicted molar refractivity (Wildman–Crippen MR) is 86.1 cm³/mol. The number of rotatable bonds is 6. The van der Waals surface area contributed by atoms with Crippen LogP contribution < -0.4 is 16.2 Å². The number of ether oxygens (including phenoxy) is 1. The van der Waals surface area contributed by atoms with Gasteiger partial charge in [0.15, 0.2) is 0 Å². The summed E-state index contributed by atoms with van der Waals surface area (Å²) in [6.07, 6.45) is 2.58. The molecule has 0 radical (unpaired) electrons.